The van der Waals surface area contributed by atoms with Gasteiger partial charge < -0.3 is 4.79 Å². The van der Waals surface area contributed by atoms with Crippen LogP contribution in [0.5, 0.6) is 0 Å². The predicted molar refractivity (Wildman–Crippen MR) is 63.4 cm³/mol. The molecule has 1 atom stereocenters. The molecule has 2 aliphatic rings. The van der Waals surface area contributed by atoms with Crippen molar-refractivity contribution in [3.63, 3.8) is 0 Å². The van der Waals surface area contributed by atoms with Crippen LogP contribution in [0.2, 0.25) is 5.02 Å². The Kier molecular flexibility index (Phi) is 2.32. The van der Waals surface area contributed by atoms with Gasteiger partial charge in [0.1, 0.15) is 17.6 Å². The first-order valence-corrected chi connectivity index (χ1v) is 6.15. The maximum absolute atomic E-state index is 13.3. The third-order valence-electron chi connectivity index (χ3n) is 3.80. The van der Waals surface area contributed by atoms with Crippen molar-refractivity contribution in [3.8, 4) is 0 Å². The van der Waals surface area contributed by atoms with Crippen molar-refractivity contribution in [2.75, 3.05) is 0 Å². The Morgan fingerprint density at radius 3 is 2.82 bits per heavy atom. The number of hydrogen-bond acceptors (Lipinski definition) is 2. The highest BCUT2D eigenvalue weighted by Gasteiger charge is 2.48. The molecule has 1 aliphatic carbocycles. The Labute approximate surface area is 104 Å². The summed E-state index contributed by atoms with van der Waals surface area (Å²) in [5.74, 6) is -0.334. The van der Waals surface area contributed by atoms with Crippen molar-refractivity contribution in [1.29, 1.82) is 0 Å². The minimum atomic E-state index is -0.693. The van der Waals surface area contributed by atoms with Crippen molar-refractivity contribution < 1.29 is 9.18 Å². The molecule has 4 heteroatoms. The highest BCUT2D eigenvalue weighted by Crippen LogP contribution is 2.47. The molecule has 0 spiro atoms. The molecular weight excluding hydrogens is 241 g/mol. The number of nitrogens with zero attached hydrogens (tertiary/aromatic N) is 1. The zero-order valence-corrected chi connectivity index (χ0v) is 10.3. The van der Waals surface area contributed by atoms with Gasteiger partial charge in [0.2, 0.25) is 0 Å². The summed E-state index contributed by atoms with van der Waals surface area (Å²) >= 11 is 6.10. The lowest BCUT2D eigenvalue weighted by molar-refractivity contribution is -0.118. The average molecular weight is 254 g/mol. The first-order chi connectivity index (χ1) is 8.06. The number of hydrogen-bond donors (Lipinski definition) is 0. The first kappa shape index (κ1) is 11.2. The molecule has 0 amide bonds. The fraction of sp³-hybridized carbons (Fsp3) is 0.462. The van der Waals surface area contributed by atoms with Gasteiger partial charge in [-0.2, -0.15) is 0 Å². The van der Waals surface area contributed by atoms with Crippen molar-refractivity contribution in [2.45, 2.75) is 37.9 Å². The average Bonchev–Trinajstić information content (AvgIpc) is 3.04. The molecule has 0 N–H and O–H groups in total. The van der Waals surface area contributed by atoms with Gasteiger partial charge in [0.25, 0.3) is 0 Å². The van der Waals surface area contributed by atoms with E-state index in [1.165, 1.54) is 12.1 Å². The summed E-state index contributed by atoms with van der Waals surface area (Å²) in [6.07, 6.45) is 3.15. The number of carbonyl (C=O) groups is 1. The molecule has 1 aromatic rings. The minimum absolute atomic E-state index is 0.334. The van der Waals surface area contributed by atoms with Gasteiger partial charge in [-0.3, -0.25) is 4.90 Å². The summed E-state index contributed by atoms with van der Waals surface area (Å²) in [6, 6.07) is 3.22. The molecule has 1 saturated carbocycles. The number of halogens is 2. The second-order valence-corrected chi connectivity index (χ2v) is 5.45. The Morgan fingerprint density at radius 1 is 1.53 bits per heavy atom. The van der Waals surface area contributed by atoms with Crippen LogP contribution in [0.15, 0.2) is 12.1 Å². The van der Waals surface area contributed by atoms with Crippen molar-refractivity contribution >= 4 is 17.9 Å². The number of fused-ring (bicyclic) bond motifs is 1. The smallest absolute Gasteiger partial charge is 0.144 e. The van der Waals surface area contributed by atoms with Crippen LogP contribution in [0.4, 0.5) is 4.39 Å². The molecule has 0 aromatic heterocycles. The van der Waals surface area contributed by atoms with Gasteiger partial charge in [0.05, 0.1) is 0 Å². The molecular formula is C13H13ClFNO. The Morgan fingerprint density at radius 2 is 2.24 bits per heavy atom. The molecule has 3 rings (SSSR count). The second kappa shape index (κ2) is 3.53. The molecule has 1 heterocycles. The summed E-state index contributed by atoms with van der Waals surface area (Å²) in [5.41, 5.74) is 0.931. The molecule has 1 aliphatic heterocycles. The summed E-state index contributed by atoms with van der Waals surface area (Å²) in [4.78, 5) is 13.6. The number of benzene rings is 1. The quantitative estimate of drug-likeness (QED) is 0.756. The summed E-state index contributed by atoms with van der Waals surface area (Å²) in [6.45, 7) is 2.49. The van der Waals surface area contributed by atoms with Gasteiger partial charge in [-0.1, -0.05) is 11.6 Å². The molecule has 0 bridgehead atoms. The van der Waals surface area contributed by atoms with E-state index in [1.807, 2.05) is 6.92 Å². The van der Waals surface area contributed by atoms with Crippen molar-refractivity contribution in [3.05, 3.63) is 34.1 Å². The molecule has 1 unspecified atom stereocenters. The molecule has 0 radical (unpaired) electrons. The van der Waals surface area contributed by atoms with Crippen LogP contribution in [0.1, 0.15) is 30.9 Å². The van der Waals surface area contributed by atoms with E-state index in [0.29, 0.717) is 17.6 Å². The second-order valence-electron chi connectivity index (χ2n) is 5.05. The van der Waals surface area contributed by atoms with Crippen LogP contribution in [-0.2, 0) is 16.9 Å². The standard InChI is InChI=1S/C13H13ClFNO/c1-13(7-17)12-8(4-9(15)5-11(12)14)6-16(13)10-2-3-10/h4-5,7,10H,2-3,6H2,1H3. The molecule has 1 fully saturated rings. The lowest BCUT2D eigenvalue weighted by Gasteiger charge is -2.31. The normalized spacial score (nSPS) is 28.2. The number of aldehydes is 1. The zero-order valence-electron chi connectivity index (χ0n) is 9.54. The Hall–Kier alpha value is -0.930. The van der Waals surface area contributed by atoms with E-state index in [1.54, 1.807) is 0 Å². The van der Waals surface area contributed by atoms with E-state index >= 15 is 0 Å². The van der Waals surface area contributed by atoms with Gasteiger partial charge in [-0.15, -0.1) is 0 Å². The van der Waals surface area contributed by atoms with Gasteiger partial charge in [-0.05, 0) is 37.5 Å². The number of carbonyl (C=O) groups excluding carboxylic acids is 1. The van der Waals surface area contributed by atoms with E-state index in [4.69, 9.17) is 11.6 Å². The maximum Gasteiger partial charge on any atom is 0.144 e. The van der Waals surface area contributed by atoms with Gasteiger partial charge in [-0.25, -0.2) is 4.39 Å². The minimum Gasteiger partial charge on any atom is -0.301 e. The third-order valence-corrected chi connectivity index (χ3v) is 4.10. The molecule has 0 saturated heterocycles. The van der Waals surface area contributed by atoms with Gasteiger partial charge in [0, 0.05) is 23.2 Å². The zero-order chi connectivity index (χ0) is 12.2. The van der Waals surface area contributed by atoms with E-state index in [2.05, 4.69) is 4.90 Å². The van der Waals surface area contributed by atoms with Crippen LogP contribution >= 0.6 is 11.6 Å². The monoisotopic (exact) mass is 253 g/mol. The molecule has 2 nitrogen and oxygen atoms in total. The topological polar surface area (TPSA) is 20.3 Å². The lowest BCUT2D eigenvalue weighted by atomic mass is 9.93. The van der Waals surface area contributed by atoms with E-state index in [0.717, 1.165) is 30.3 Å². The van der Waals surface area contributed by atoms with Crippen LogP contribution < -0.4 is 0 Å². The third kappa shape index (κ3) is 1.53. The SMILES string of the molecule is CC1(C=O)c2c(Cl)cc(F)cc2CN1C1CC1. The highest BCUT2D eigenvalue weighted by atomic mass is 35.5. The Bertz CT molecular complexity index is 500. The summed E-state index contributed by atoms with van der Waals surface area (Å²) in [7, 11) is 0. The molecule has 17 heavy (non-hydrogen) atoms. The first-order valence-electron chi connectivity index (χ1n) is 5.78. The lowest BCUT2D eigenvalue weighted by Crippen LogP contribution is -2.41. The van der Waals surface area contributed by atoms with Crippen molar-refractivity contribution in [1.82, 2.24) is 4.90 Å². The largest absolute Gasteiger partial charge is 0.301 e. The summed E-state index contributed by atoms with van der Waals surface area (Å²) in [5, 5.41) is 0.359. The van der Waals surface area contributed by atoms with E-state index in [9.17, 15) is 9.18 Å². The van der Waals surface area contributed by atoms with Gasteiger partial charge >= 0.3 is 0 Å². The fourth-order valence-electron chi connectivity index (χ4n) is 2.83. The molecule has 1 aromatic carbocycles. The number of rotatable bonds is 2. The van der Waals surface area contributed by atoms with E-state index < -0.39 is 5.54 Å². The van der Waals surface area contributed by atoms with Crippen molar-refractivity contribution in [2.24, 2.45) is 0 Å². The maximum atomic E-state index is 13.3. The summed E-state index contributed by atoms with van der Waals surface area (Å²) < 4.78 is 13.3. The van der Waals surface area contributed by atoms with E-state index in [-0.39, 0.29) is 5.82 Å². The van der Waals surface area contributed by atoms with Gasteiger partial charge in [0.15, 0.2) is 0 Å². The van der Waals surface area contributed by atoms with Crippen LogP contribution in [0, 0.1) is 5.82 Å². The highest BCUT2D eigenvalue weighted by molar-refractivity contribution is 6.31. The molecule has 90 valence electrons. The predicted octanol–water partition coefficient (Wildman–Crippen LogP) is 2.87. The fourth-order valence-corrected chi connectivity index (χ4v) is 3.25. The Balaban J connectivity index is 2.16. The van der Waals surface area contributed by atoms with Crippen LogP contribution in [-0.4, -0.2) is 17.2 Å². The van der Waals surface area contributed by atoms with Crippen LogP contribution in [0.25, 0.3) is 0 Å². The van der Waals surface area contributed by atoms with Crippen LogP contribution in [0.3, 0.4) is 0 Å².